The van der Waals surface area contributed by atoms with Crippen LogP contribution < -0.4 is 10.2 Å². The summed E-state index contributed by atoms with van der Waals surface area (Å²) in [4.78, 5) is 12.0. The first kappa shape index (κ1) is 13.2. The Morgan fingerprint density at radius 2 is 2.00 bits per heavy atom. The Bertz CT molecular complexity index is 411. The lowest BCUT2D eigenvalue weighted by molar-refractivity contribution is -0.127. The van der Waals surface area contributed by atoms with E-state index in [0.29, 0.717) is 13.1 Å². The molecule has 0 heterocycles. The van der Waals surface area contributed by atoms with E-state index in [2.05, 4.69) is 6.58 Å². The monoisotopic (exact) mass is 231 g/mol. The molecule has 0 saturated heterocycles. The molecule has 1 unspecified atom stereocenters. The average molecular weight is 231 g/mol. The molecule has 3 heteroatoms. The number of hydrogen-bond acceptors (Lipinski definition) is 2. The lowest BCUT2D eigenvalue weighted by Gasteiger charge is -2.32. The average Bonchev–Trinajstić information content (AvgIpc) is 2.35. The van der Waals surface area contributed by atoms with Crippen LogP contribution in [-0.4, -0.2) is 19.0 Å². The molecule has 0 saturated carbocycles. The van der Waals surface area contributed by atoms with E-state index in [0.717, 1.165) is 5.69 Å². The zero-order valence-electron chi connectivity index (χ0n) is 10.2. The van der Waals surface area contributed by atoms with Crippen molar-refractivity contribution in [2.24, 2.45) is 5.73 Å². The van der Waals surface area contributed by atoms with Gasteiger partial charge in [-0.05, 0) is 30.5 Å². The Hall–Kier alpha value is -1.87. The van der Waals surface area contributed by atoms with Crippen molar-refractivity contribution >= 4 is 11.6 Å². The Morgan fingerprint density at radius 3 is 2.47 bits per heavy atom. The highest BCUT2D eigenvalue weighted by atomic mass is 16.2. The lowest BCUT2D eigenvalue weighted by Crippen LogP contribution is -2.53. The van der Waals surface area contributed by atoms with Crippen molar-refractivity contribution in [3.63, 3.8) is 0 Å². The van der Waals surface area contributed by atoms with Gasteiger partial charge in [0.15, 0.2) is 0 Å². The van der Waals surface area contributed by atoms with E-state index in [4.69, 9.17) is 5.73 Å². The Morgan fingerprint density at radius 1 is 1.35 bits per heavy atom. The quantitative estimate of drug-likeness (QED) is 0.623. The number of quaternary nitrogens is 1. The Balaban J connectivity index is 3.23. The van der Waals surface area contributed by atoms with E-state index in [1.54, 1.807) is 19.1 Å². The van der Waals surface area contributed by atoms with Crippen molar-refractivity contribution in [3.8, 4) is 0 Å². The maximum Gasteiger partial charge on any atom is 0.316 e. The van der Waals surface area contributed by atoms with Crippen LogP contribution in [0.15, 0.2) is 55.3 Å². The van der Waals surface area contributed by atoms with E-state index in [-0.39, 0.29) is 10.4 Å². The normalized spacial score (nSPS) is 14.4. The minimum atomic E-state index is 0.0780. The predicted octanol–water partition coefficient (Wildman–Crippen LogP) is 2.20. The number of para-hydroxylation sites is 1. The van der Waals surface area contributed by atoms with E-state index >= 15 is 0 Å². The van der Waals surface area contributed by atoms with Crippen molar-refractivity contribution in [1.82, 2.24) is 4.48 Å². The fourth-order valence-corrected chi connectivity index (χ4v) is 1.90. The van der Waals surface area contributed by atoms with Crippen molar-refractivity contribution in [3.05, 3.63) is 55.3 Å². The van der Waals surface area contributed by atoms with Gasteiger partial charge in [0.2, 0.25) is 0 Å². The molecule has 2 N–H and O–H groups in total. The van der Waals surface area contributed by atoms with Gasteiger partial charge in [0, 0.05) is 0 Å². The van der Waals surface area contributed by atoms with Gasteiger partial charge >= 0.3 is 5.91 Å². The highest BCUT2D eigenvalue weighted by Crippen LogP contribution is 2.23. The zero-order chi connectivity index (χ0) is 12.7. The maximum absolute atomic E-state index is 12.0. The van der Waals surface area contributed by atoms with Crippen molar-refractivity contribution in [1.29, 1.82) is 0 Å². The van der Waals surface area contributed by atoms with Gasteiger partial charge in [-0.15, -0.1) is 0 Å². The molecule has 17 heavy (non-hydrogen) atoms. The fourth-order valence-electron chi connectivity index (χ4n) is 1.90. The van der Waals surface area contributed by atoms with Gasteiger partial charge in [-0.3, -0.25) is 0 Å². The van der Waals surface area contributed by atoms with E-state index < -0.39 is 0 Å². The molecule has 3 nitrogen and oxygen atoms in total. The van der Waals surface area contributed by atoms with Gasteiger partial charge in [0.25, 0.3) is 0 Å². The number of carbonyl (C=O) groups is 1. The molecule has 1 amide bonds. The largest absolute Gasteiger partial charge is 0.405 e. The van der Waals surface area contributed by atoms with Crippen LogP contribution >= 0.6 is 0 Å². The molecule has 0 aliphatic carbocycles. The summed E-state index contributed by atoms with van der Waals surface area (Å²) in [6.45, 7) is 6.44. The molecule has 0 aliphatic heterocycles. The SMILES string of the molecule is C=CC[N+](CC=CN)(C(C)=O)c1ccccc1. The number of rotatable bonds is 5. The minimum Gasteiger partial charge on any atom is -0.405 e. The standard InChI is InChI=1S/C14H19N2O/c1-3-11-16(13(2)17,12-7-10-15)14-8-5-4-6-9-14/h3-10H,1,11-12,15H2,2H3/q+1. The number of benzene rings is 1. The minimum absolute atomic E-state index is 0.0780. The number of carbonyl (C=O) groups excluding carboxylic acids is 1. The number of hydrogen-bond donors (Lipinski definition) is 1. The maximum atomic E-state index is 12.0. The van der Waals surface area contributed by atoms with Crippen LogP contribution in [0.4, 0.5) is 5.69 Å². The summed E-state index contributed by atoms with van der Waals surface area (Å²) in [6.07, 6.45) is 5.04. The highest BCUT2D eigenvalue weighted by molar-refractivity contribution is 5.87. The molecular weight excluding hydrogens is 212 g/mol. The van der Waals surface area contributed by atoms with Crippen molar-refractivity contribution in [2.75, 3.05) is 13.1 Å². The number of nitrogens with two attached hydrogens (primary N) is 1. The molecule has 1 rings (SSSR count). The predicted molar refractivity (Wildman–Crippen MR) is 72.2 cm³/mol. The molecule has 0 spiro atoms. The van der Waals surface area contributed by atoms with E-state index in [1.165, 1.54) is 6.20 Å². The molecule has 0 aromatic heterocycles. The summed E-state index contributed by atoms with van der Waals surface area (Å²) in [7, 11) is 0. The second kappa shape index (κ2) is 6.01. The van der Waals surface area contributed by atoms with Gasteiger partial charge in [-0.1, -0.05) is 24.8 Å². The summed E-state index contributed by atoms with van der Waals surface area (Å²) in [5, 5.41) is 0. The fraction of sp³-hybridized carbons (Fsp3) is 0.214. The lowest BCUT2D eigenvalue weighted by atomic mass is 10.2. The Labute approximate surface area is 102 Å². The summed E-state index contributed by atoms with van der Waals surface area (Å²) in [6, 6.07) is 9.70. The summed E-state index contributed by atoms with van der Waals surface area (Å²) in [5.74, 6) is 0.0780. The second-order valence-corrected chi connectivity index (χ2v) is 3.90. The van der Waals surface area contributed by atoms with Crippen molar-refractivity contribution in [2.45, 2.75) is 6.92 Å². The molecule has 1 aromatic carbocycles. The first-order chi connectivity index (χ1) is 8.17. The molecule has 0 bridgehead atoms. The van der Waals surface area contributed by atoms with Crippen LogP contribution in [0.2, 0.25) is 0 Å². The third-order valence-corrected chi connectivity index (χ3v) is 2.85. The van der Waals surface area contributed by atoms with Crippen LogP contribution in [0.25, 0.3) is 0 Å². The Kier molecular flexibility index (Phi) is 4.67. The van der Waals surface area contributed by atoms with E-state index in [9.17, 15) is 4.79 Å². The van der Waals surface area contributed by atoms with Crippen LogP contribution in [0, 0.1) is 0 Å². The van der Waals surface area contributed by atoms with Gasteiger partial charge in [-0.25, -0.2) is 9.28 Å². The van der Waals surface area contributed by atoms with Crippen LogP contribution in [0.1, 0.15) is 6.92 Å². The van der Waals surface area contributed by atoms with E-state index in [1.807, 2.05) is 30.3 Å². The molecule has 0 fully saturated rings. The summed E-state index contributed by atoms with van der Waals surface area (Å²) >= 11 is 0. The number of amides is 1. The first-order valence-corrected chi connectivity index (χ1v) is 5.59. The topological polar surface area (TPSA) is 43.1 Å². The molecule has 0 aliphatic rings. The summed E-state index contributed by atoms with van der Waals surface area (Å²) in [5.41, 5.74) is 6.34. The molecular formula is C14H19N2O+. The third-order valence-electron chi connectivity index (χ3n) is 2.85. The highest BCUT2D eigenvalue weighted by Gasteiger charge is 2.33. The van der Waals surface area contributed by atoms with Gasteiger partial charge < -0.3 is 5.73 Å². The van der Waals surface area contributed by atoms with Crippen molar-refractivity contribution < 1.29 is 4.79 Å². The molecule has 90 valence electrons. The molecule has 0 radical (unpaired) electrons. The van der Waals surface area contributed by atoms with Crippen LogP contribution in [-0.2, 0) is 4.79 Å². The number of nitrogens with zero attached hydrogens (tertiary/aromatic N) is 1. The third kappa shape index (κ3) is 2.82. The summed E-state index contributed by atoms with van der Waals surface area (Å²) < 4.78 is 0.220. The van der Waals surface area contributed by atoms with Crippen LogP contribution in [0.3, 0.4) is 0 Å². The smallest absolute Gasteiger partial charge is 0.316 e. The van der Waals surface area contributed by atoms with Gasteiger partial charge in [0.05, 0.1) is 6.92 Å². The zero-order valence-corrected chi connectivity index (χ0v) is 10.2. The molecule has 1 aromatic rings. The second-order valence-electron chi connectivity index (χ2n) is 3.90. The van der Waals surface area contributed by atoms with Gasteiger partial charge in [0.1, 0.15) is 18.8 Å². The molecule has 1 atom stereocenters. The van der Waals surface area contributed by atoms with Gasteiger partial charge in [-0.2, -0.15) is 0 Å². The van der Waals surface area contributed by atoms with Crippen LogP contribution in [0.5, 0.6) is 0 Å². The first-order valence-electron chi connectivity index (χ1n) is 5.59.